The van der Waals surface area contributed by atoms with Crippen molar-refractivity contribution in [2.24, 2.45) is 0 Å². The molecule has 138 valence electrons. The molecule has 2 aromatic carbocycles. The highest BCUT2D eigenvalue weighted by Crippen LogP contribution is 2.45. The van der Waals surface area contributed by atoms with E-state index in [9.17, 15) is 18.7 Å². The van der Waals surface area contributed by atoms with Crippen molar-refractivity contribution in [3.8, 4) is 21.6 Å². The van der Waals surface area contributed by atoms with Gasteiger partial charge in [-0.15, -0.1) is 11.3 Å². The minimum absolute atomic E-state index is 0.144. The van der Waals surface area contributed by atoms with Gasteiger partial charge in [0, 0.05) is 34.7 Å². The normalized spacial score (nSPS) is 13.9. The van der Waals surface area contributed by atoms with E-state index in [1.54, 1.807) is 18.2 Å². The van der Waals surface area contributed by atoms with Crippen molar-refractivity contribution in [1.29, 1.82) is 0 Å². The minimum Gasteiger partial charge on any atom is -0.478 e. The maximum atomic E-state index is 14.5. The van der Waals surface area contributed by atoms with Crippen molar-refractivity contribution in [2.45, 2.75) is 12.8 Å². The fourth-order valence-corrected chi connectivity index (χ4v) is 4.72. The summed E-state index contributed by atoms with van der Waals surface area (Å²) in [5, 5.41) is 10.5. The van der Waals surface area contributed by atoms with Gasteiger partial charge in [-0.05, 0) is 31.0 Å². The third-order valence-electron chi connectivity index (χ3n) is 4.78. The van der Waals surface area contributed by atoms with Crippen LogP contribution in [0.25, 0.3) is 21.6 Å². The first-order valence-electron chi connectivity index (χ1n) is 8.72. The van der Waals surface area contributed by atoms with Gasteiger partial charge in [0.05, 0.1) is 10.6 Å². The van der Waals surface area contributed by atoms with E-state index in [2.05, 4.69) is 4.90 Å². The number of benzene rings is 2. The van der Waals surface area contributed by atoms with Gasteiger partial charge in [-0.1, -0.05) is 30.3 Å². The monoisotopic (exact) mass is 385 g/mol. The van der Waals surface area contributed by atoms with Crippen molar-refractivity contribution in [1.82, 2.24) is 0 Å². The topological polar surface area (TPSA) is 40.5 Å². The highest BCUT2D eigenvalue weighted by atomic mass is 32.1. The summed E-state index contributed by atoms with van der Waals surface area (Å²) in [7, 11) is 0. The number of anilines is 1. The first kappa shape index (κ1) is 17.7. The van der Waals surface area contributed by atoms with E-state index in [1.807, 2.05) is 6.07 Å². The van der Waals surface area contributed by atoms with Crippen molar-refractivity contribution >= 4 is 22.3 Å². The molecule has 0 saturated carbocycles. The Balaban J connectivity index is 1.95. The Hall–Kier alpha value is -2.73. The molecule has 0 aliphatic carbocycles. The molecule has 0 spiro atoms. The number of thiophene rings is 1. The minimum atomic E-state index is -1.05. The van der Waals surface area contributed by atoms with E-state index in [0.717, 1.165) is 37.0 Å². The third kappa shape index (κ3) is 3.21. The van der Waals surface area contributed by atoms with Crippen LogP contribution in [0.5, 0.6) is 0 Å². The van der Waals surface area contributed by atoms with E-state index in [1.165, 1.54) is 29.5 Å². The molecule has 1 fully saturated rings. The predicted octanol–water partition coefficient (Wildman–Crippen LogP) is 5.66. The molecule has 2 heterocycles. The fourth-order valence-electron chi connectivity index (χ4n) is 3.45. The predicted molar refractivity (Wildman–Crippen MR) is 104 cm³/mol. The number of carboxylic acid groups (broad SMARTS) is 1. The van der Waals surface area contributed by atoms with Gasteiger partial charge in [-0.25, -0.2) is 13.6 Å². The number of carbonyl (C=O) groups is 1. The van der Waals surface area contributed by atoms with E-state index >= 15 is 0 Å². The first-order chi connectivity index (χ1) is 13.1. The molecule has 27 heavy (non-hydrogen) atoms. The van der Waals surface area contributed by atoms with Crippen molar-refractivity contribution in [3.05, 3.63) is 65.7 Å². The van der Waals surface area contributed by atoms with Gasteiger partial charge in [0.25, 0.3) is 0 Å². The molecule has 1 saturated heterocycles. The molecule has 0 amide bonds. The Kier molecular flexibility index (Phi) is 4.66. The lowest BCUT2D eigenvalue weighted by Crippen LogP contribution is -2.15. The van der Waals surface area contributed by atoms with E-state index < -0.39 is 17.6 Å². The van der Waals surface area contributed by atoms with E-state index in [-0.39, 0.29) is 11.1 Å². The van der Waals surface area contributed by atoms with Crippen LogP contribution in [0.4, 0.5) is 13.8 Å². The number of nitrogens with zero attached hydrogens (tertiary/aromatic N) is 1. The second kappa shape index (κ2) is 7.12. The van der Waals surface area contributed by atoms with Gasteiger partial charge in [-0.3, -0.25) is 0 Å². The molecule has 0 radical (unpaired) electrons. The summed E-state index contributed by atoms with van der Waals surface area (Å²) in [6.07, 6.45) is 2.17. The molecule has 6 heteroatoms. The summed E-state index contributed by atoms with van der Waals surface area (Å²) in [6.45, 7) is 1.82. The second-order valence-electron chi connectivity index (χ2n) is 6.47. The number of halogens is 2. The van der Waals surface area contributed by atoms with Crippen LogP contribution in [0.1, 0.15) is 23.2 Å². The number of rotatable bonds is 4. The summed E-state index contributed by atoms with van der Waals surface area (Å²) in [6, 6.07) is 12.6. The summed E-state index contributed by atoms with van der Waals surface area (Å²) in [5.74, 6) is -2.89. The zero-order chi connectivity index (χ0) is 19.0. The average Bonchev–Trinajstić information content (AvgIpc) is 3.33. The number of carboxylic acids is 1. The summed E-state index contributed by atoms with van der Waals surface area (Å²) in [4.78, 5) is 14.5. The molecule has 0 unspecified atom stereocenters. The molecular formula is C21H17F2NO2S. The van der Waals surface area contributed by atoms with Crippen LogP contribution in [0.2, 0.25) is 0 Å². The Morgan fingerprint density at radius 1 is 0.963 bits per heavy atom. The van der Waals surface area contributed by atoms with Crippen molar-refractivity contribution in [2.75, 3.05) is 18.0 Å². The first-order valence-corrected chi connectivity index (χ1v) is 9.54. The van der Waals surface area contributed by atoms with Crippen LogP contribution in [-0.4, -0.2) is 24.2 Å². The van der Waals surface area contributed by atoms with Crippen LogP contribution >= 0.6 is 11.3 Å². The highest BCUT2D eigenvalue weighted by molar-refractivity contribution is 7.20. The molecule has 4 rings (SSSR count). The second-order valence-corrected chi connectivity index (χ2v) is 7.50. The number of hydrogen-bond acceptors (Lipinski definition) is 3. The maximum absolute atomic E-state index is 14.5. The van der Waals surface area contributed by atoms with Gasteiger partial charge in [0.2, 0.25) is 0 Å². The molecule has 1 N–H and O–H groups in total. The standard InChI is InChI=1S/C21H17F2NO2S/c22-17-9-5-8-13(19(17)23)16-12-18(24-10-3-4-11-24)27-20(16)14-6-1-2-7-15(14)21(25)26/h1-2,5-9,12H,3-4,10-11H2,(H,25,26). The van der Waals surface area contributed by atoms with Crippen LogP contribution in [0, 0.1) is 11.6 Å². The number of hydrogen-bond donors (Lipinski definition) is 1. The van der Waals surface area contributed by atoms with Crippen molar-refractivity contribution in [3.63, 3.8) is 0 Å². The molecule has 1 aliphatic rings. The Morgan fingerprint density at radius 3 is 2.41 bits per heavy atom. The van der Waals surface area contributed by atoms with Gasteiger partial charge in [0.1, 0.15) is 0 Å². The molecule has 1 aromatic heterocycles. The summed E-state index contributed by atoms with van der Waals surface area (Å²) in [5.41, 5.74) is 1.32. The molecular weight excluding hydrogens is 368 g/mol. The zero-order valence-corrected chi connectivity index (χ0v) is 15.2. The lowest BCUT2D eigenvalue weighted by molar-refractivity contribution is 0.0698. The largest absolute Gasteiger partial charge is 0.478 e. The Labute approximate surface area is 159 Å². The third-order valence-corrected chi connectivity index (χ3v) is 6.01. The summed E-state index contributed by atoms with van der Waals surface area (Å²) < 4.78 is 28.4. The van der Waals surface area contributed by atoms with Gasteiger partial charge >= 0.3 is 5.97 Å². The zero-order valence-electron chi connectivity index (χ0n) is 14.4. The molecule has 0 bridgehead atoms. The lowest BCUT2D eigenvalue weighted by Gasteiger charge is -2.14. The number of aromatic carboxylic acids is 1. The van der Waals surface area contributed by atoms with Crippen LogP contribution in [0.15, 0.2) is 48.5 Å². The molecule has 0 atom stereocenters. The van der Waals surface area contributed by atoms with Crippen LogP contribution in [-0.2, 0) is 0 Å². The average molecular weight is 385 g/mol. The lowest BCUT2D eigenvalue weighted by atomic mass is 9.98. The Morgan fingerprint density at radius 2 is 1.67 bits per heavy atom. The maximum Gasteiger partial charge on any atom is 0.336 e. The van der Waals surface area contributed by atoms with E-state index in [0.29, 0.717) is 16.0 Å². The van der Waals surface area contributed by atoms with Gasteiger partial charge < -0.3 is 10.0 Å². The SMILES string of the molecule is O=C(O)c1ccccc1-c1sc(N2CCCC2)cc1-c1cccc(F)c1F. The van der Waals surface area contributed by atoms with Gasteiger partial charge in [0.15, 0.2) is 11.6 Å². The van der Waals surface area contributed by atoms with Crippen molar-refractivity contribution < 1.29 is 18.7 Å². The smallest absolute Gasteiger partial charge is 0.336 e. The highest BCUT2D eigenvalue weighted by Gasteiger charge is 2.24. The quantitative estimate of drug-likeness (QED) is 0.630. The molecule has 3 aromatic rings. The fraction of sp³-hybridized carbons (Fsp3) is 0.190. The summed E-state index contributed by atoms with van der Waals surface area (Å²) >= 11 is 1.42. The van der Waals surface area contributed by atoms with Crippen LogP contribution < -0.4 is 4.90 Å². The Bertz CT molecular complexity index is 1010. The molecule has 3 nitrogen and oxygen atoms in total. The van der Waals surface area contributed by atoms with Crippen LogP contribution in [0.3, 0.4) is 0 Å². The van der Waals surface area contributed by atoms with E-state index in [4.69, 9.17) is 0 Å². The van der Waals surface area contributed by atoms with Gasteiger partial charge in [-0.2, -0.15) is 0 Å². The molecule has 1 aliphatic heterocycles.